The van der Waals surface area contributed by atoms with Gasteiger partial charge in [-0.15, -0.1) is 0 Å². The van der Waals surface area contributed by atoms with Crippen molar-refractivity contribution in [2.24, 2.45) is 0 Å². The van der Waals surface area contributed by atoms with Crippen molar-refractivity contribution in [3.05, 3.63) is 90.1 Å². The number of carbonyl (C=O) groups excluding carboxylic acids is 3. The lowest BCUT2D eigenvalue weighted by molar-refractivity contribution is -0.0987. The summed E-state index contributed by atoms with van der Waals surface area (Å²) in [6.07, 6.45) is 2.10. The molecule has 3 aromatic carbocycles. The normalized spacial score (nSPS) is 10.2. The van der Waals surface area contributed by atoms with E-state index in [9.17, 15) is 14.3 Å². The molecule has 6 aromatic rings. The summed E-state index contributed by atoms with van der Waals surface area (Å²) >= 11 is 0. The van der Waals surface area contributed by atoms with Crippen LogP contribution < -0.4 is 10.2 Å². The largest absolute Gasteiger partial charge is 0.455 e. The first kappa shape index (κ1) is 36.7. The maximum absolute atomic E-state index is 15.2. The summed E-state index contributed by atoms with van der Waals surface area (Å²) in [5, 5.41) is 12.6. The van der Waals surface area contributed by atoms with Crippen LogP contribution in [0.1, 0.15) is 30.6 Å². The van der Waals surface area contributed by atoms with Crippen molar-refractivity contribution >= 4 is 47.4 Å². The summed E-state index contributed by atoms with van der Waals surface area (Å²) in [6.45, 7) is 8.50. The SMILES string of the molecule is C=O.C=O.CC.CNC(=O)c1c(-c2ccc(F)cc2)oc2cc(N(C)CCCO)c(-c3cc(F)cc(-c4nc5ncccc5o4)c3)cc12. The van der Waals surface area contributed by atoms with Crippen LogP contribution in [0.2, 0.25) is 0 Å². The molecule has 0 unspecified atom stereocenters. The van der Waals surface area contributed by atoms with Gasteiger partial charge in [0.2, 0.25) is 5.89 Å². The molecule has 0 aliphatic carbocycles. The zero-order valence-corrected chi connectivity index (χ0v) is 27.0. The average Bonchev–Trinajstić information content (AvgIpc) is 3.74. The Bertz CT molecular complexity index is 1940. The summed E-state index contributed by atoms with van der Waals surface area (Å²) in [4.78, 5) is 39.7. The lowest BCUT2D eigenvalue weighted by Crippen LogP contribution is -2.20. The van der Waals surface area contributed by atoms with E-state index in [1.165, 1.54) is 31.3 Å². The Morgan fingerprint density at radius 3 is 2.23 bits per heavy atom. The highest BCUT2D eigenvalue weighted by molar-refractivity contribution is 6.13. The van der Waals surface area contributed by atoms with Gasteiger partial charge < -0.3 is 33.7 Å². The van der Waals surface area contributed by atoms with Crippen LogP contribution in [-0.2, 0) is 9.59 Å². The molecule has 0 radical (unpaired) electrons. The number of aliphatic hydroxyl groups is 1. The summed E-state index contributed by atoms with van der Waals surface area (Å²) in [6, 6.07) is 17.2. The van der Waals surface area contributed by atoms with Crippen molar-refractivity contribution in [3.63, 3.8) is 0 Å². The van der Waals surface area contributed by atoms with Gasteiger partial charge in [-0.2, -0.15) is 4.98 Å². The number of aliphatic hydroxyl groups excluding tert-OH is 1. The van der Waals surface area contributed by atoms with Gasteiger partial charge in [-0.1, -0.05) is 13.8 Å². The molecule has 0 aliphatic rings. The molecule has 48 heavy (non-hydrogen) atoms. The van der Waals surface area contributed by atoms with E-state index in [0.29, 0.717) is 63.1 Å². The molecule has 0 saturated heterocycles. The molecule has 6 rings (SSSR count). The predicted molar refractivity (Wildman–Crippen MR) is 182 cm³/mol. The fraction of sp³-hybridized carbons (Fsp3) is 0.194. The number of amides is 1. The molecule has 0 bridgehead atoms. The number of nitrogens with one attached hydrogen (secondary N) is 1. The summed E-state index contributed by atoms with van der Waals surface area (Å²) in [7, 11) is 3.37. The number of nitrogens with zero attached hydrogens (tertiary/aromatic N) is 3. The van der Waals surface area contributed by atoms with Crippen LogP contribution in [0, 0.1) is 11.6 Å². The molecule has 0 saturated carbocycles. The number of benzene rings is 3. The second kappa shape index (κ2) is 17.2. The topological polar surface area (TPSA) is 139 Å². The molecule has 3 heterocycles. The number of rotatable bonds is 8. The fourth-order valence-electron chi connectivity index (χ4n) is 5.02. The Balaban J connectivity index is 0.000000987. The second-order valence-corrected chi connectivity index (χ2v) is 9.83. The Hall–Kier alpha value is -5.75. The Morgan fingerprint density at radius 1 is 0.896 bits per heavy atom. The third kappa shape index (κ3) is 7.78. The van der Waals surface area contributed by atoms with Gasteiger partial charge in [0.1, 0.15) is 36.6 Å². The van der Waals surface area contributed by atoms with E-state index in [2.05, 4.69) is 15.3 Å². The van der Waals surface area contributed by atoms with Gasteiger partial charge >= 0.3 is 0 Å². The van der Waals surface area contributed by atoms with E-state index < -0.39 is 11.6 Å². The minimum atomic E-state index is -0.507. The van der Waals surface area contributed by atoms with Crippen molar-refractivity contribution in [3.8, 4) is 33.9 Å². The zero-order valence-electron chi connectivity index (χ0n) is 27.0. The van der Waals surface area contributed by atoms with Gasteiger partial charge in [0, 0.05) is 67.3 Å². The average molecular weight is 659 g/mol. The molecule has 0 fully saturated rings. The molecule has 12 heteroatoms. The van der Waals surface area contributed by atoms with Crippen LogP contribution in [0.25, 0.3) is 56.1 Å². The first-order valence-electron chi connectivity index (χ1n) is 14.9. The van der Waals surface area contributed by atoms with Crippen LogP contribution in [0.5, 0.6) is 0 Å². The van der Waals surface area contributed by atoms with Crippen molar-refractivity contribution in [1.29, 1.82) is 0 Å². The van der Waals surface area contributed by atoms with Gasteiger partial charge in [0.05, 0.1) is 5.56 Å². The van der Waals surface area contributed by atoms with Crippen molar-refractivity contribution in [2.45, 2.75) is 20.3 Å². The molecule has 10 nitrogen and oxygen atoms in total. The highest BCUT2D eigenvalue weighted by Gasteiger charge is 2.25. The molecular weight excluding hydrogens is 622 g/mol. The number of aromatic nitrogens is 2. The molecule has 3 aromatic heterocycles. The van der Waals surface area contributed by atoms with Crippen molar-refractivity contribution in [1.82, 2.24) is 15.3 Å². The second-order valence-electron chi connectivity index (χ2n) is 9.83. The number of carbonyl (C=O) groups is 3. The number of oxazole rings is 1. The first-order valence-corrected chi connectivity index (χ1v) is 14.9. The molecular formula is C36H36F2N4O6. The van der Waals surface area contributed by atoms with E-state index in [4.69, 9.17) is 18.4 Å². The third-order valence-electron chi connectivity index (χ3n) is 7.05. The molecule has 250 valence electrons. The van der Waals surface area contributed by atoms with Crippen LogP contribution in [0.15, 0.2) is 81.8 Å². The van der Waals surface area contributed by atoms with Crippen molar-refractivity contribution < 1.29 is 37.1 Å². The molecule has 0 spiro atoms. The lowest BCUT2D eigenvalue weighted by atomic mass is 9.96. The van der Waals surface area contributed by atoms with Gasteiger partial charge in [-0.05, 0) is 72.6 Å². The minimum Gasteiger partial charge on any atom is -0.455 e. The van der Waals surface area contributed by atoms with Crippen molar-refractivity contribution in [2.75, 3.05) is 32.1 Å². The number of furan rings is 1. The van der Waals surface area contributed by atoms with E-state index in [1.807, 2.05) is 39.4 Å². The Labute approximate surface area is 276 Å². The smallest absolute Gasteiger partial charge is 0.255 e. The number of hydrogen-bond acceptors (Lipinski definition) is 9. The van der Waals surface area contributed by atoms with Gasteiger partial charge in [-0.3, -0.25) is 4.79 Å². The standard InChI is InChI=1S/C32H26F2N4O4.C2H6.2CH2O/c1-35-31(40)28-24-16-23(19-13-20(15-22(34)14-19)32-37-30-26(42-32)5-3-10-36-30)25(38(2)11-4-12-39)17-27(24)41-29(28)18-6-8-21(33)9-7-18;3*1-2/h3,5-10,13-17,39H,4,11-12H2,1-2H3,(H,35,40);1-2H3;2*1H2. The van der Waals surface area contributed by atoms with E-state index in [0.717, 1.165) is 0 Å². The van der Waals surface area contributed by atoms with Crippen LogP contribution in [0.3, 0.4) is 0 Å². The Morgan fingerprint density at radius 2 is 1.58 bits per heavy atom. The zero-order chi connectivity index (χ0) is 35.4. The lowest BCUT2D eigenvalue weighted by Gasteiger charge is -2.23. The first-order chi connectivity index (χ1) is 23.4. The van der Waals surface area contributed by atoms with E-state index in [-0.39, 0.29) is 29.7 Å². The number of anilines is 1. The monoisotopic (exact) mass is 658 g/mol. The highest BCUT2D eigenvalue weighted by Crippen LogP contribution is 2.42. The molecule has 2 N–H and O–H groups in total. The summed E-state index contributed by atoms with van der Waals surface area (Å²) in [5.74, 6) is -0.812. The van der Waals surface area contributed by atoms with Crippen LogP contribution in [0.4, 0.5) is 14.5 Å². The molecule has 0 atom stereocenters. The fourth-order valence-corrected chi connectivity index (χ4v) is 5.02. The van der Waals surface area contributed by atoms with Crippen LogP contribution in [-0.4, -0.2) is 61.8 Å². The van der Waals surface area contributed by atoms with E-state index >= 15 is 4.39 Å². The molecule has 0 aliphatic heterocycles. The summed E-state index contributed by atoms with van der Waals surface area (Å²) < 4.78 is 40.9. The maximum atomic E-state index is 15.2. The predicted octanol–water partition coefficient (Wildman–Crippen LogP) is 7.08. The minimum absolute atomic E-state index is 0.00588. The third-order valence-corrected chi connectivity index (χ3v) is 7.05. The maximum Gasteiger partial charge on any atom is 0.255 e. The highest BCUT2D eigenvalue weighted by atomic mass is 19.1. The van der Waals surface area contributed by atoms with Gasteiger partial charge in [0.15, 0.2) is 11.2 Å². The molecule has 1 amide bonds. The van der Waals surface area contributed by atoms with Gasteiger partial charge in [-0.25, -0.2) is 13.8 Å². The quantitative estimate of drug-likeness (QED) is 0.176. The Kier molecular flexibility index (Phi) is 13.2. The number of pyridine rings is 1. The number of halogens is 2. The van der Waals surface area contributed by atoms with Crippen LogP contribution >= 0.6 is 0 Å². The number of fused-ring (bicyclic) bond motifs is 2. The number of hydrogen-bond donors (Lipinski definition) is 2. The van der Waals surface area contributed by atoms with E-state index in [1.54, 1.807) is 48.7 Å². The summed E-state index contributed by atoms with van der Waals surface area (Å²) in [5.41, 5.74) is 4.34. The van der Waals surface area contributed by atoms with Gasteiger partial charge in [0.25, 0.3) is 5.91 Å².